The van der Waals surface area contributed by atoms with E-state index in [1.807, 2.05) is 13.8 Å². The molecular formula is C13H23N5O. The van der Waals surface area contributed by atoms with Crippen LogP contribution in [0.25, 0.3) is 0 Å². The van der Waals surface area contributed by atoms with Crippen molar-refractivity contribution < 1.29 is 4.79 Å². The van der Waals surface area contributed by atoms with Crippen LogP contribution in [-0.2, 0) is 4.79 Å². The van der Waals surface area contributed by atoms with Gasteiger partial charge in [0.1, 0.15) is 6.04 Å². The number of aromatic nitrogens is 2. The van der Waals surface area contributed by atoms with Crippen LogP contribution in [-0.4, -0.2) is 47.2 Å². The third kappa shape index (κ3) is 3.33. The minimum absolute atomic E-state index is 0.133. The van der Waals surface area contributed by atoms with Crippen LogP contribution in [0, 0.1) is 13.8 Å². The topological polar surface area (TPSA) is 87.0 Å². The molecule has 1 amide bonds. The van der Waals surface area contributed by atoms with Crippen molar-refractivity contribution in [3.05, 3.63) is 17.0 Å². The lowest BCUT2D eigenvalue weighted by Gasteiger charge is -2.17. The van der Waals surface area contributed by atoms with Gasteiger partial charge in [0.05, 0.1) is 5.69 Å². The molecule has 0 saturated carbocycles. The van der Waals surface area contributed by atoms with E-state index < -0.39 is 6.04 Å². The van der Waals surface area contributed by atoms with Gasteiger partial charge in [-0.15, -0.1) is 0 Å². The number of nitrogens with two attached hydrogens (primary N) is 1. The third-order valence-electron chi connectivity index (χ3n) is 3.70. The smallest absolute Gasteiger partial charge is 0.241 e. The van der Waals surface area contributed by atoms with Crippen LogP contribution in [0.3, 0.4) is 0 Å². The zero-order chi connectivity index (χ0) is 13.8. The first-order valence-corrected chi connectivity index (χ1v) is 6.86. The van der Waals surface area contributed by atoms with Crippen molar-refractivity contribution in [2.75, 3.05) is 26.2 Å². The highest BCUT2D eigenvalue weighted by Crippen LogP contribution is 2.17. The van der Waals surface area contributed by atoms with E-state index in [1.54, 1.807) is 0 Å². The standard InChI is InChI=1S/C13H23N5O/c1-9-11(10(2)17-16-9)12(14)13(19)15-5-8-18-6-3-4-7-18/h12H,3-8,14H2,1-2H3,(H,15,19)(H,16,17)/t12-/m1/s1. The summed E-state index contributed by atoms with van der Waals surface area (Å²) in [5, 5.41) is 9.83. The van der Waals surface area contributed by atoms with Gasteiger partial charge in [0.2, 0.25) is 5.91 Å². The molecule has 6 nitrogen and oxygen atoms in total. The van der Waals surface area contributed by atoms with Crippen LogP contribution in [0.5, 0.6) is 0 Å². The predicted octanol–water partition coefficient (Wildman–Crippen LogP) is 0.238. The molecule has 0 radical (unpaired) electrons. The molecule has 1 aromatic rings. The number of aromatic amines is 1. The molecule has 1 aliphatic rings. The molecular weight excluding hydrogens is 242 g/mol. The highest BCUT2D eigenvalue weighted by Gasteiger charge is 2.21. The number of carbonyl (C=O) groups is 1. The van der Waals surface area contributed by atoms with Gasteiger partial charge in [-0.05, 0) is 39.8 Å². The van der Waals surface area contributed by atoms with Gasteiger partial charge >= 0.3 is 0 Å². The van der Waals surface area contributed by atoms with Gasteiger partial charge < -0.3 is 16.0 Å². The second-order valence-electron chi connectivity index (χ2n) is 5.17. The lowest BCUT2D eigenvalue weighted by molar-refractivity contribution is -0.122. The maximum Gasteiger partial charge on any atom is 0.241 e. The predicted molar refractivity (Wildman–Crippen MR) is 73.7 cm³/mol. The Morgan fingerprint density at radius 1 is 1.47 bits per heavy atom. The van der Waals surface area contributed by atoms with Crippen molar-refractivity contribution in [3.8, 4) is 0 Å². The van der Waals surface area contributed by atoms with Gasteiger partial charge in [-0.3, -0.25) is 9.89 Å². The maximum atomic E-state index is 12.0. The molecule has 2 rings (SSSR count). The van der Waals surface area contributed by atoms with E-state index in [-0.39, 0.29) is 5.91 Å². The summed E-state index contributed by atoms with van der Waals surface area (Å²) in [7, 11) is 0. The number of nitrogens with one attached hydrogen (secondary N) is 2. The average Bonchev–Trinajstić information content (AvgIpc) is 2.99. The molecule has 0 unspecified atom stereocenters. The number of rotatable bonds is 5. The first-order valence-electron chi connectivity index (χ1n) is 6.86. The van der Waals surface area contributed by atoms with Gasteiger partial charge in [-0.2, -0.15) is 5.10 Å². The fraction of sp³-hybridized carbons (Fsp3) is 0.692. The Bertz CT molecular complexity index is 417. The Morgan fingerprint density at radius 2 is 2.16 bits per heavy atom. The number of hydrogen-bond donors (Lipinski definition) is 3. The van der Waals surface area contributed by atoms with Crippen molar-refractivity contribution in [1.29, 1.82) is 0 Å². The highest BCUT2D eigenvalue weighted by molar-refractivity contribution is 5.83. The fourth-order valence-electron chi connectivity index (χ4n) is 2.60. The van der Waals surface area contributed by atoms with Gasteiger partial charge in [0, 0.05) is 24.3 Å². The molecule has 0 aromatic carbocycles. The first kappa shape index (κ1) is 14.0. The van der Waals surface area contributed by atoms with Crippen LogP contribution < -0.4 is 11.1 Å². The van der Waals surface area contributed by atoms with E-state index in [0.29, 0.717) is 6.54 Å². The molecule has 1 aromatic heterocycles. The maximum absolute atomic E-state index is 12.0. The zero-order valence-electron chi connectivity index (χ0n) is 11.7. The zero-order valence-corrected chi connectivity index (χ0v) is 11.7. The monoisotopic (exact) mass is 265 g/mol. The van der Waals surface area contributed by atoms with E-state index >= 15 is 0 Å². The SMILES string of the molecule is Cc1n[nH]c(C)c1[C@@H](N)C(=O)NCCN1CCCC1. The van der Waals surface area contributed by atoms with Crippen molar-refractivity contribution >= 4 is 5.91 Å². The van der Waals surface area contributed by atoms with Gasteiger partial charge in [-0.25, -0.2) is 0 Å². The molecule has 2 heterocycles. The Morgan fingerprint density at radius 3 is 2.74 bits per heavy atom. The summed E-state index contributed by atoms with van der Waals surface area (Å²) in [5.41, 5.74) is 8.45. The average molecular weight is 265 g/mol. The van der Waals surface area contributed by atoms with E-state index in [9.17, 15) is 4.79 Å². The lowest BCUT2D eigenvalue weighted by Crippen LogP contribution is -2.39. The molecule has 1 aliphatic heterocycles. The van der Waals surface area contributed by atoms with Crippen molar-refractivity contribution in [2.24, 2.45) is 5.73 Å². The summed E-state index contributed by atoms with van der Waals surface area (Å²) in [6, 6.07) is -0.641. The highest BCUT2D eigenvalue weighted by atomic mass is 16.2. The lowest BCUT2D eigenvalue weighted by atomic mass is 10.1. The second-order valence-corrected chi connectivity index (χ2v) is 5.17. The molecule has 0 aliphatic carbocycles. The number of hydrogen-bond acceptors (Lipinski definition) is 4. The summed E-state index contributed by atoms with van der Waals surface area (Å²) in [4.78, 5) is 14.4. The van der Waals surface area contributed by atoms with E-state index in [4.69, 9.17) is 5.73 Å². The fourth-order valence-corrected chi connectivity index (χ4v) is 2.60. The summed E-state index contributed by atoms with van der Waals surface area (Å²) in [6.07, 6.45) is 2.53. The number of aryl methyl sites for hydroxylation is 2. The largest absolute Gasteiger partial charge is 0.353 e. The molecule has 1 saturated heterocycles. The number of nitrogens with zero attached hydrogens (tertiary/aromatic N) is 2. The summed E-state index contributed by atoms with van der Waals surface area (Å²) in [5.74, 6) is -0.133. The minimum Gasteiger partial charge on any atom is -0.353 e. The number of likely N-dealkylation sites (tertiary alicyclic amines) is 1. The third-order valence-corrected chi connectivity index (χ3v) is 3.70. The summed E-state index contributed by atoms with van der Waals surface area (Å²) >= 11 is 0. The van der Waals surface area contributed by atoms with Gasteiger partial charge in [-0.1, -0.05) is 0 Å². The Hall–Kier alpha value is -1.40. The van der Waals surface area contributed by atoms with Gasteiger partial charge in [0.25, 0.3) is 0 Å². The van der Waals surface area contributed by atoms with Crippen LogP contribution in [0.2, 0.25) is 0 Å². The summed E-state index contributed by atoms with van der Waals surface area (Å²) in [6.45, 7) is 7.58. The van der Waals surface area contributed by atoms with Crippen LogP contribution in [0.4, 0.5) is 0 Å². The Balaban J connectivity index is 1.82. The van der Waals surface area contributed by atoms with E-state index in [1.165, 1.54) is 12.8 Å². The molecule has 106 valence electrons. The first-order chi connectivity index (χ1) is 9.09. The van der Waals surface area contributed by atoms with E-state index in [0.717, 1.165) is 36.6 Å². The molecule has 0 spiro atoms. The Kier molecular flexibility index (Phi) is 4.55. The van der Waals surface area contributed by atoms with Crippen LogP contribution >= 0.6 is 0 Å². The Labute approximate surface area is 113 Å². The quantitative estimate of drug-likeness (QED) is 0.711. The number of amides is 1. The second kappa shape index (κ2) is 6.16. The van der Waals surface area contributed by atoms with Gasteiger partial charge in [0.15, 0.2) is 0 Å². The van der Waals surface area contributed by atoms with E-state index in [2.05, 4.69) is 20.4 Å². The number of carbonyl (C=O) groups excluding carboxylic acids is 1. The normalized spacial score (nSPS) is 17.6. The molecule has 1 atom stereocenters. The minimum atomic E-state index is -0.641. The van der Waals surface area contributed by atoms with Crippen molar-refractivity contribution in [1.82, 2.24) is 20.4 Å². The number of H-pyrrole nitrogens is 1. The molecule has 1 fully saturated rings. The molecule has 19 heavy (non-hydrogen) atoms. The molecule has 0 bridgehead atoms. The van der Waals surface area contributed by atoms with Crippen molar-refractivity contribution in [3.63, 3.8) is 0 Å². The van der Waals surface area contributed by atoms with Crippen molar-refractivity contribution in [2.45, 2.75) is 32.7 Å². The van der Waals surface area contributed by atoms with Crippen LogP contribution in [0.1, 0.15) is 35.8 Å². The summed E-state index contributed by atoms with van der Waals surface area (Å²) < 4.78 is 0. The van der Waals surface area contributed by atoms with Crippen LogP contribution in [0.15, 0.2) is 0 Å². The molecule has 6 heteroatoms. The molecule has 4 N–H and O–H groups in total.